The number of esters is 1. The van der Waals surface area contributed by atoms with Gasteiger partial charge in [-0.1, -0.05) is 47.5 Å². The Bertz CT molecular complexity index is 879. The summed E-state index contributed by atoms with van der Waals surface area (Å²) in [6, 6.07) is 12.7. The molecule has 1 amide bonds. The number of anilines is 2. The van der Waals surface area contributed by atoms with Gasteiger partial charge >= 0.3 is 5.97 Å². The normalized spacial score (nSPS) is 14.4. The highest BCUT2D eigenvalue weighted by atomic mass is 35.5. The average molecular weight is 450 g/mol. The molecule has 0 spiro atoms. The number of amides is 1. The summed E-state index contributed by atoms with van der Waals surface area (Å²) in [5.74, 6) is -0.0748. The molecule has 1 saturated heterocycles. The number of nitrogens with zero attached hydrogens (tertiary/aromatic N) is 1. The van der Waals surface area contributed by atoms with Crippen molar-refractivity contribution in [3.8, 4) is 0 Å². The van der Waals surface area contributed by atoms with E-state index < -0.39 is 0 Å². The van der Waals surface area contributed by atoms with E-state index in [0.29, 0.717) is 35.4 Å². The molecule has 1 fully saturated rings. The van der Waals surface area contributed by atoms with E-state index in [2.05, 4.69) is 5.32 Å². The van der Waals surface area contributed by atoms with Gasteiger partial charge in [-0.3, -0.25) is 9.59 Å². The topological polar surface area (TPSA) is 84.7 Å². The molecule has 30 heavy (non-hydrogen) atoms. The Hall–Kier alpha value is -2.28. The zero-order valence-corrected chi connectivity index (χ0v) is 18.1. The number of ether oxygens (including phenoxy) is 1. The molecule has 0 aromatic heterocycles. The first-order valence-corrected chi connectivity index (χ1v) is 10.7. The monoisotopic (exact) mass is 449 g/mol. The van der Waals surface area contributed by atoms with Gasteiger partial charge in [0.05, 0.1) is 35.3 Å². The molecular formula is C22H25Cl2N3O3. The van der Waals surface area contributed by atoms with Gasteiger partial charge in [-0.25, -0.2) is 0 Å². The van der Waals surface area contributed by atoms with Crippen molar-refractivity contribution in [3.63, 3.8) is 0 Å². The summed E-state index contributed by atoms with van der Waals surface area (Å²) in [5.41, 5.74) is 7.55. The molecular weight excluding hydrogens is 425 g/mol. The van der Waals surface area contributed by atoms with E-state index in [0.717, 1.165) is 24.1 Å². The van der Waals surface area contributed by atoms with Crippen LogP contribution in [0, 0.1) is 5.92 Å². The van der Waals surface area contributed by atoms with Crippen molar-refractivity contribution in [1.29, 1.82) is 0 Å². The molecule has 2 aromatic carbocycles. The molecule has 1 aliphatic rings. The molecule has 0 radical (unpaired) electrons. The van der Waals surface area contributed by atoms with Gasteiger partial charge in [0.25, 0.3) is 0 Å². The van der Waals surface area contributed by atoms with Crippen LogP contribution >= 0.6 is 23.2 Å². The quantitative estimate of drug-likeness (QED) is 0.623. The van der Waals surface area contributed by atoms with Crippen molar-refractivity contribution in [3.05, 3.63) is 58.1 Å². The third kappa shape index (κ3) is 5.88. The first-order valence-electron chi connectivity index (χ1n) is 9.90. The summed E-state index contributed by atoms with van der Waals surface area (Å²) >= 11 is 12.5. The van der Waals surface area contributed by atoms with Gasteiger partial charge in [0.15, 0.2) is 0 Å². The van der Waals surface area contributed by atoms with E-state index in [1.165, 1.54) is 0 Å². The fraction of sp³-hybridized carbons (Fsp3) is 0.364. The van der Waals surface area contributed by atoms with Gasteiger partial charge in [-0.15, -0.1) is 0 Å². The van der Waals surface area contributed by atoms with E-state index in [1.807, 2.05) is 24.3 Å². The summed E-state index contributed by atoms with van der Waals surface area (Å²) in [5, 5.41) is 4.22. The number of likely N-dealkylation sites (tertiary alicyclic amines) is 1. The van der Waals surface area contributed by atoms with Gasteiger partial charge in [0.2, 0.25) is 5.91 Å². The highest BCUT2D eigenvalue weighted by Gasteiger charge is 2.23. The third-order valence-corrected chi connectivity index (χ3v) is 5.83. The zero-order chi connectivity index (χ0) is 21.5. The van der Waals surface area contributed by atoms with Crippen molar-refractivity contribution >= 4 is 46.5 Å². The third-order valence-electron chi connectivity index (χ3n) is 5.20. The molecule has 1 heterocycles. The highest BCUT2D eigenvalue weighted by molar-refractivity contribution is 6.39. The molecule has 0 aliphatic carbocycles. The SMILES string of the molecule is NCC(=O)N1CCC(COC(=O)Cc2ccccc2Nc2c(Cl)cccc2Cl)CC1. The van der Waals surface area contributed by atoms with Crippen LogP contribution in [0.25, 0.3) is 0 Å². The summed E-state index contributed by atoms with van der Waals surface area (Å²) in [4.78, 5) is 25.8. The molecule has 1 aliphatic heterocycles. The first-order chi connectivity index (χ1) is 14.5. The predicted octanol–water partition coefficient (Wildman–Crippen LogP) is 4.02. The number of hydrogen-bond donors (Lipinski definition) is 2. The van der Waals surface area contributed by atoms with Crippen molar-refractivity contribution in [2.24, 2.45) is 11.7 Å². The molecule has 8 heteroatoms. The van der Waals surface area contributed by atoms with Crippen LogP contribution in [0.5, 0.6) is 0 Å². The number of para-hydroxylation sites is 2. The van der Waals surface area contributed by atoms with Crippen LogP contribution in [0.3, 0.4) is 0 Å². The second-order valence-electron chi connectivity index (χ2n) is 7.27. The second-order valence-corrected chi connectivity index (χ2v) is 8.08. The lowest BCUT2D eigenvalue weighted by atomic mass is 9.98. The Morgan fingerprint density at radius 2 is 1.73 bits per heavy atom. The maximum atomic E-state index is 12.4. The smallest absolute Gasteiger partial charge is 0.310 e. The number of nitrogens with two attached hydrogens (primary N) is 1. The average Bonchev–Trinajstić information content (AvgIpc) is 2.76. The Balaban J connectivity index is 1.54. The molecule has 2 aromatic rings. The lowest BCUT2D eigenvalue weighted by Crippen LogP contribution is -2.42. The Morgan fingerprint density at radius 1 is 1.07 bits per heavy atom. The van der Waals surface area contributed by atoms with Crippen LogP contribution in [0.2, 0.25) is 10.0 Å². The number of halogens is 2. The maximum Gasteiger partial charge on any atom is 0.310 e. The summed E-state index contributed by atoms with van der Waals surface area (Å²) < 4.78 is 5.51. The predicted molar refractivity (Wildman–Crippen MR) is 119 cm³/mol. The number of carbonyl (C=O) groups is 2. The van der Waals surface area contributed by atoms with Gasteiger partial charge in [-0.05, 0) is 42.5 Å². The zero-order valence-electron chi connectivity index (χ0n) is 16.6. The summed E-state index contributed by atoms with van der Waals surface area (Å²) in [7, 11) is 0. The van der Waals surface area contributed by atoms with Crippen molar-refractivity contribution < 1.29 is 14.3 Å². The van der Waals surface area contributed by atoms with Crippen LogP contribution in [0.1, 0.15) is 18.4 Å². The molecule has 0 unspecified atom stereocenters. The van der Waals surface area contributed by atoms with E-state index in [1.54, 1.807) is 23.1 Å². The first kappa shape index (κ1) is 22.4. The molecule has 0 saturated carbocycles. The summed E-state index contributed by atoms with van der Waals surface area (Å²) in [6.45, 7) is 1.70. The standard InChI is InChI=1S/C22H25Cl2N3O3/c23-17-5-3-6-18(24)22(17)26-19-7-2-1-4-16(19)12-21(29)30-14-15-8-10-27(11-9-15)20(28)13-25/h1-7,15,26H,8-14,25H2. The van der Waals surface area contributed by atoms with E-state index in [4.69, 9.17) is 33.7 Å². The lowest BCUT2D eigenvalue weighted by molar-refractivity contribution is -0.145. The Morgan fingerprint density at radius 3 is 2.40 bits per heavy atom. The van der Waals surface area contributed by atoms with E-state index in [-0.39, 0.29) is 30.8 Å². The van der Waals surface area contributed by atoms with Gasteiger partial charge < -0.3 is 20.7 Å². The van der Waals surface area contributed by atoms with Gasteiger partial charge in [0, 0.05) is 18.8 Å². The molecule has 0 atom stereocenters. The number of benzene rings is 2. The lowest BCUT2D eigenvalue weighted by Gasteiger charge is -2.31. The second kappa shape index (κ2) is 10.7. The fourth-order valence-electron chi connectivity index (χ4n) is 3.44. The number of carbonyl (C=O) groups excluding carboxylic acids is 2. The molecule has 6 nitrogen and oxygen atoms in total. The molecule has 160 valence electrons. The fourth-order valence-corrected chi connectivity index (χ4v) is 3.94. The van der Waals surface area contributed by atoms with Crippen molar-refractivity contribution in [2.45, 2.75) is 19.3 Å². The molecule has 3 N–H and O–H groups in total. The number of hydrogen-bond acceptors (Lipinski definition) is 5. The number of rotatable bonds is 7. The van der Waals surface area contributed by atoms with Crippen LogP contribution in [0.4, 0.5) is 11.4 Å². The van der Waals surface area contributed by atoms with Crippen LogP contribution in [0.15, 0.2) is 42.5 Å². The van der Waals surface area contributed by atoms with Crippen LogP contribution < -0.4 is 11.1 Å². The van der Waals surface area contributed by atoms with E-state index >= 15 is 0 Å². The minimum Gasteiger partial charge on any atom is -0.465 e. The highest BCUT2D eigenvalue weighted by Crippen LogP contribution is 2.33. The maximum absolute atomic E-state index is 12.4. The Labute approximate surface area is 186 Å². The number of piperidine rings is 1. The molecule has 0 bridgehead atoms. The van der Waals surface area contributed by atoms with Crippen molar-refractivity contribution in [2.75, 3.05) is 31.6 Å². The van der Waals surface area contributed by atoms with Crippen molar-refractivity contribution in [1.82, 2.24) is 4.90 Å². The minimum absolute atomic E-state index is 0.0341. The largest absolute Gasteiger partial charge is 0.465 e. The van der Waals surface area contributed by atoms with Gasteiger partial charge in [-0.2, -0.15) is 0 Å². The van der Waals surface area contributed by atoms with E-state index in [9.17, 15) is 9.59 Å². The Kier molecular flexibility index (Phi) is 7.96. The van der Waals surface area contributed by atoms with Gasteiger partial charge in [0.1, 0.15) is 0 Å². The molecule has 3 rings (SSSR count). The summed E-state index contributed by atoms with van der Waals surface area (Å²) in [6.07, 6.45) is 1.75. The minimum atomic E-state index is -0.296. The van der Waals surface area contributed by atoms with Crippen LogP contribution in [-0.4, -0.2) is 43.0 Å². The van der Waals surface area contributed by atoms with Crippen LogP contribution in [-0.2, 0) is 20.7 Å². The number of nitrogens with one attached hydrogen (secondary N) is 1.